The Labute approximate surface area is 145 Å². The lowest BCUT2D eigenvalue weighted by Gasteiger charge is -2.13. The van der Waals surface area contributed by atoms with Crippen LogP contribution in [-0.2, 0) is 6.61 Å². The van der Waals surface area contributed by atoms with Crippen LogP contribution in [0.3, 0.4) is 0 Å². The normalized spacial score (nSPS) is 10.1. The minimum Gasteiger partial charge on any atom is -0.493 e. The molecule has 0 bridgehead atoms. The first kappa shape index (κ1) is 16.4. The maximum absolute atomic E-state index is 12.2. The molecule has 0 atom stereocenters. The minimum absolute atomic E-state index is 0.239. The monoisotopic (exact) mass is 335 g/mol. The van der Waals surface area contributed by atoms with Crippen LogP contribution in [0.1, 0.15) is 15.9 Å². The lowest BCUT2D eigenvalue weighted by atomic mass is 10.2. The topological polar surface area (TPSA) is 73.3 Å². The van der Waals surface area contributed by atoms with E-state index >= 15 is 0 Å². The number of ether oxygens (including phenoxy) is 2. The summed E-state index contributed by atoms with van der Waals surface area (Å²) in [5.41, 5.74) is 2.03. The highest BCUT2D eigenvalue weighted by Crippen LogP contribution is 2.31. The molecule has 25 heavy (non-hydrogen) atoms. The van der Waals surface area contributed by atoms with Gasteiger partial charge in [-0.2, -0.15) is 0 Å². The lowest BCUT2D eigenvalue weighted by molar-refractivity contribution is 0.102. The van der Waals surface area contributed by atoms with Crippen molar-refractivity contribution in [1.82, 2.24) is 9.97 Å². The van der Waals surface area contributed by atoms with Gasteiger partial charge in [0.15, 0.2) is 11.5 Å². The predicted octanol–water partition coefficient (Wildman–Crippen LogP) is 3.32. The van der Waals surface area contributed by atoms with Crippen LogP contribution < -0.4 is 14.8 Å². The van der Waals surface area contributed by atoms with Gasteiger partial charge in [-0.3, -0.25) is 14.8 Å². The maximum atomic E-state index is 12.2. The molecule has 6 nitrogen and oxygen atoms in total. The molecule has 0 fully saturated rings. The van der Waals surface area contributed by atoms with E-state index in [0.29, 0.717) is 29.4 Å². The van der Waals surface area contributed by atoms with Gasteiger partial charge in [0.1, 0.15) is 6.61 Å². The van der Waals surface area contributed by atoms with Gasteiger partial charge in [-0.05, 0) is 30.3 Å². The molecule has 3 aromatic rings. The molecule has 126 valence electrons. The van der Waals surface area contributed by atoms with Crippen molar-refractivity contribution in [1.29, 1.82) is 0 Å². The fraction of sp³-hybridized carbons (Fsp3) is 0.105. The summed E-state index contributed by atoms with van der Waals surface area (Å²) in [4.78, 5) is 20.2. The van der Waals surface area contributed by atoms with E-state index in [-0.39, 0.29) is 5.91 Å². The summed E-state index contributed by atoms with van der Waals surface area (Å²) in [6.07, 6.45) is 6.58. The smallest absolute Gasteiger partial charge is 0.257 e. The number of anilines is 1. The molecule has 0 saturated carbocycles. The van der Waals surface area contributed by atoms with Crippen molar-refractivity contribution in [3.8, 4) is 11.5 Å². The van der Waals surface area contributed by atoms with Gasteiger partial charge >= 0.3 is 0 Å². The summed E-state index contributed by atoms with van der Waals surface area (Å²) in [6, 6.07) is 12.4. The van der Waals surface area contributed by atoms with Crippen molar-refractivity contribution < 1.29 is 14.3 Å². The fourth-order valence-electron chi connectivity index (χ4n) is 2.21. The Balaban J connectivity index is 1.74. The number of methoxy groups -OCH3 is 1. The van der Waals surface area contributed by atoms with Crippen molar-refractivity contribution >= 4 is 11.6 Å². The summed E-state index contributed by atoms with van der Waals surface area (Å²) < 4.78 is 11.1. The fourth-order valence-corrected chi connectivity index (χ4v) is 2.21. The molecule has 2 aromatic heterocycles. The highest BCUT2D eigenvalue weighted by molar-refractivity contribution is 6.04. The molecule has 0 aliphatic rings. The van der Waals surface area contributed by atoms with Crippen molar-refractivity contribution in [2.75, 3.05) is 12.4 Å². The van der Waals surface area contributed by atoms with Gasteiger partial charge in [0, 0.05) is 42.1 Å². The van der Waals surface area contributed by atoms with Gasteiger partial charge in [-0.1, -0.05) is 6.07 Å². The molecule has 0 aliphatic heterocycles. The van der Waals surface area contributed by atoms with Gasteiger partial charge in [0.2, 0.25) is 0 Å². The van der Waals surface area contributed by atoms with Crippen molar-refractivity contribution in [3.63, 3.8) is 0 Å². The number of hydrogen-bond donors (Lipinski definition) is 1. The summed E-state index contributed by atoms with van der Waals surface area (Å²) in [6.45, 7) is 0.351. The SMILES string of the molecule is COc1ccc(NC(=O)c2cccnc2)cc1OCc1cccnc1. The van der Waals surface area contributed by atoms with Crippen LogP contribution in [0.15, 0.2) is 67.3 Å². The number of nitrogens with zero attached hydrogens (tertiary/aromatic N) is 2. The van der Waals surface area contributed by atoms with Gasteiger partial charge in [-0.25, -0.2) is 0 Å². The van der Waals surface area contributed by atoms with Gasteiger partial charge in [0.25, 0.3) is 5.91 Å². The third-order valence-corrected chi connectivity index (χ3v) is 3.46. The maximum Gasteiger partial charge on any atom is 0.257 e. The number of carbonyl (C=O) groups excluding carboxylic acids is 1. The van der Waals surface area contributed by atoms with E-state index in [1.165, 1.54) is 6.20 Å². The van der Waals surface area contributed by atoms with Crippen LogP contribution in [0, 0.1) is 0 Å². The van der Waals surface area contributed by atoms with Crippen LogP contribution in [0.4, 0.5) is 5.69 Å². The summed E-state index contributed by atoms with van der Waals surface area (Å²) >= 11 is 0. The number of amides is 1. The third kappa shape index (κ3) is 4.32. The molecule has 0 aliphatic carbocycles. The van der Waals surface area contributed by atoms with E-state index in [4.69, 9.17) is 9.47 Å². The molecule has 0 saturated heterocycles. The standard InChI is InChI=1S/C19H17N3O3/c1-24-17-7-6-16(22-19(23)15-5-3-9-21-12-15)10-18(17)25-13-14-4-2-8-20-11-14/h2-12H,13H2,1H3,(H,22,23). The van der Waals surface area contributed by atoms with E-state index < -0.39 is 0 Å². The van der Waals surface area contributed by atoms with E-state index in [1.807, 2.05) is 12.1 Å². The number of carbonyl (C=O) groups is 1. The number of rotatable bonds is 6. The Morgan fingerprint density at radius 1 is 1.04 bits per heavy atom. The lowest BCUT2D eigenvalue weighted by Crippen LogP contribution is -2.12. The largest absolute Gasteiger partial charge is 0.493 e. The first-order chi connectivity index (χ1) is 12.3. The van der Waals surface area contributed by atoms with Gasteiger partial charge in [-0.15, -0.1) is 0 Å². The molecular formula is C19H17N3O3. The zero-order valence-electron chi connectivity index (χ0n) is 13.7. The average Bonchev–Trinajstić information content (AvgIpc) is 2.68. The average molecular weight is 335 g/mol. The molecule has 0 radical (unpaired) electrons. The Kier molecular flexibility index (Phi) is 5.21. The van der Waals surface area contributed by atoms with Crippen molar-refractivity contribution in [2.24, 2.45) is 0 Å². The first-order valence-corrected chi connectivity index (χ1v) is 7.67. The third-order valence-electron chi connectivity index (χ3n) is 3.46. The molecule has 0 spiro atoms. The second-order valence-corrected chi connectivity index (χ2v) is 5.21. The molecule has 3 rings (SSSR count). The highest BCUT2D eigenvalue weighted by Gasteiger charge is 2.10. The highest BCUT2D eigenvalue weighted by atomic mass is 16.5. The van der Waals surface area contributed by atoms with Gasteiger partial charge in [0.05, 0.1) is 12.7 Å². The minimum atomic E-state index is -0.239. The molecule has 1 aromatic carbocycles. The quantitative estimate of drug-likeness (QED) is 0.748. The summed E-state index contributed by atoms with van der Waals surface area (Å²) in [5.74, 6) is 0.884. The number of pyridine rings is 2. The van der Waals surface area contributed by atoms with Crippen LogP contribution in [0.2, 0.25) is 0 Å². The predicted molar refractivity (Wildman–Crippen MR) is 93.8 cm³/mol. The Bertz CT molecular complexity index is 839. The zero-order chi connectivity index (χ0) is 17.5. The summed E-state index contributed by atoms with van der Waals surface area (Å²) in [5, 5.41) is 2.82. The Hall–Kier alpha value is -3.41. The summed E-state index contributed by atoms with van der Waals surface area (Å²) in [7, 11) is 1.57. The van der Waals surface area contributed by atoms with E-state index in [2.05, 4.69) is 15.3 Å². The number of aromatic nitrogens is 2. The molecule has 2 heterocycles. The van der Waals surface area contributed by atoms with Crippen LogP contribution in [-0.4, -0.2) is 23.0 Å². The van der Waals surface area contributed by atoms with E-state index in [0.717, 1.165) is 5.56 Å². The van der Waals surface area contributed by atoms with Gasteiger partial charge < -0.3 is 14.8 Å². The second kappa shape index (κ2) is 7.92. The van der Waals surface area contributed by atoms with Crippen molar-refractivity contribution in [3.05, 3.63) is 78.4 Å². The first-order valence-electron chi connectivity index (χ1n) is 7.67. The number of hydrogen-bond acceptors (Lipinski definition) is 5. The van der Waals surface area contributed by atoms with Crippen molar-refractivity contribution in [2.45, 2.75) is 6.61 Å². The van der Waals surface area contributed by atoms with E-state index in [1.54, 1.807) is 56.0 Å². The van der Waals surface area contributed by atoms with Crippen LogP contribution in [0.25, 0.3) is 0 Å². The number of nitrogens with one attached hydrogen (secondary N) is 1. The molecule has 6 heteroatoms. The molecular weight excluding hydrogens is 318 g/mol. The van der Waals surface area contributed by atoms with Crippen LogP contribution in [0.5, 0.6) is 11.5 Å². The number of benzene rings is 1. The zero-order valence-corrected chi connectivity index (χ0v) is 13.7. The second-order valence-electron chi connectivity index (χ2n) is 5.21. The Morgan fingerprint density at radius 2 is 1.84 bits per heavy atom. The van der Waals surface area contributed by atoms with Crippen LogP contribution >= 0.6 is 0 Å². The Morgan fingerprint density at radius 3 is 2.52 bits per heavy atom. The molecule has 1 N–H and O–H groups in total. The molecule has 0 unspecified atom stereocenters. The van der Waals surface area contributed by atoms with E-state index in [9.17, 15) is 4.79 Å². The molecule has 1 amide bonds.